The second-order valence-corrected chi connectivity index (χ2v) is 3.75. The molecule has 0 heterocycles. The van der Waals surface area contributed by atoms with E-state index in [9.17, 15) is 4.79 Å². The molecular weight excluding hydrogens is 186 g/mol. The molecule has 2 nitrogen and oxygen atoms in total. The van der Waals surface area contributed by atoms with Gasteiger partial charge >= 0.3 is 0 Å². The lowest BCUT2D eigenvalue weighted by molar-refractivity contribution is -0.114. The van der Waals surface area contributed by atoms with Crippen LogP contribution in [0, 0.1) is 6.92 Å². The lowest BCUT2D eigenvalue weighted by atomic mass is 10.1. The van der Waals surface area contributed by atoms with E-state index in [-0.39, 0.29) is 5.91 Å². The fourth-order valence-corrected chi connectivity index (χ4v) is 1.65. The predicted molar refractivity (Wildman–Crippen MR) is 63.0 cm³/mol. The van der Waals surface area contributed by atoms with Crippen LogP contribution in [0.25, 0.3) is 10.8 Å². The smallest absolute Gasteiger partial charge is 0.221 e. The highest BCUT2D eigenvalue weighted by atomic mass is 16.1. The molecule has 76 valence electrons. The van der Waals surface area contributed by atoms with Crippen LogP contribution in [-0.2, 0) is 4.79 Å². The van der Waals surface area contributed by atoms with Crippen molar-refractivity contribution in [1.29, 1.82) is 0 Å². The first-order valence-electron chi connectivity index (χ1n) is 4.93. The standard InChI is InChI=1S/C13H13NO/c1-9-3-4-12-8-13(14-10(2)15)6-5-11(12)7-9/h3-8H,1-2H3,(H,14,15). The van der Waals surface area contributed by atoms with E-state index in [1.807, 2.05) is 18.2 Å². The van der Waals surface area contributed by atoms with Crippen LogP contribution < -0.4 is 5.32 Å². The Morgan fingerprint density at radius 2 is 1.73 bits per heavy atom. The highest BCUT2D eigenvalue weighted by Crippen LogP contribution is 2.20. The molecule has 0 radical (unpaired) electrons. The van der Waals surface area contributed by atoms with Crippen molar-refractivity contribution in [3.8, 4) is 0 Å². The van der Waals surface area contributed by atoms with Gasteiger partial charge in [0.25, 0.3) is 0 Å². The Balaban J connectivity index is 2.47. The number of benzene rings is 2. The minimum Gasteiger partial charge on any atom is -0.326 e. The van der Waals surface area contributed by atoms with E-state index in [1.54, 1.807) is 0 Å². The maximum absolute atomic E-state index is 10.9. The maximum Gasteiger partial charge on any atom is 0.221 e. The molecule has 0 aromatic heterocycles. The third kappa shape index (κ3) is 2.15. The fourth-order valence-electron chi connectivity index (χ4n) is 1.65. The van der Waals surface area contributed by atoms with Gasteiger partial charge < -0.3 is 5.32 Å². The zero-order valence-corrected chi connectivity index (χ0v) is 8.87. The number of hydrogen-bond donors (Lipinski definition) is 1. The minimum absolute atomic E-state index is 0.0403. The Morgan fingerprint density at radius 1 is 1.07 bits per heavy atom. The summed E-state index contributed by atoms with van der Waals surface area (Å²) in [7, 11) is 0. The van der Waals surface area contributed by atoms with Gasteiger partial charge in [-0.3, -0.25) is 4.79 Å². The number of rotatable bonds is 1. The van der Waals surface area contributed by atoms with Crippen LogP contribution in [0.2, 0.25) is 0 Å². The first-order valence-corrected chi connectivity index (χ1v) is 4.93. The average molecular weight is 199 g/mol. The highest BCUT2D eigenvalue weighted by Gasteiger charge is 1.98. The largest absolute Gasteiger partial charge is 0.326 e. The third-order valence-electron chi connectivity index (χ3n) is 2.32. The van der Waals surface area contributed by atoms with Crippen LogP contribution in [-0.4, -0.2) is 5.91 Å². The normalized spacial score (nSPS) is 10.3. The summed E-state index contributed by atoms with van der Waals surface area (Å²) in [5.41, 5.74) is 2.09. The summed E-state index contributed by atoms with van der Waals surface area (Å²) >= 11 is 0. The number of carbonyl (C=O) groups is 1. The van der Waals surface area contributed by atoms with Crippen LogP contribution in [0.4, 0.5) is 5.69 Å². The Hall–Kier alpha value is -1.83. The van der Waals surface area contributed by atoms with Crippen LogP contribution in [0.1, 0.15) is 12.5 Å². The quantitative estimate of drug-likeness (QED) is 0.751. The second-order valence-electron chi connectivity index (χ2n) is 3.75. The Kier molecular flexibility index (Phi) is 2.42. The van der Waals surface area contributed by atoms with Crippen molar-refractivity contribution in [3.05, 3.63) is 42.0 Å². The van der Waals surface area contributed by atoms with Crippen LogP contribution in [0.3, 0.4) is 0 Å². The molecule has 0 aliphatic heterocycles. The third-order valence-corrected chi connectivity index (χ3v) is 2.32. The molecule has 0 unspecified atom stereocenters. The number of aryl methyl sites for hydroxylation is 1. The molecule has 0 aliphatic carbocycles. The number of nitrogens with one attached hydrogen (secondary N) is 1. The number of anilines is 1. The zero-order chi connectivity index (χ0) is 10.8. The molecule has 0 fully saturated rings. The maximum atomic E-state index is 10.9. The summed E-state index contributed by atoms with van der Waals surface area (Å²) in [6.07, 6.45) is 0. The van der Waals surface area contributed by atoms with Crippen molar-refractivity contribution in [2.45, 2.75) is 13.8 Å². The van der Waals surface area contributed by atoms with Crippen molar-refractivity contribution in [2.24, 2.45) is 0 Å². The number of amides is 1. The molecule has 1 N–H and O–H groups in total. The molecule has 0 spiro atoms. The molecule has 15 heavy (non-hydrogen) atoms. The van der Waals surface area contributed by atoms with Gasteiger partial charge in [0, 0.05) is 12.6 Å². The predicted octanol–water partition coefficient (Wildman–Crippen LogP) is 3.11. The van der Waals surface area contributed by atoms with E-state index in [0.29, 0.717) is 0 Å². The van der Waals surface area contributed by atoms with Crippen molar-refractivity contribution in [2.75, 3.05) is 5.32 Å². The summed E-state index contributed by atoms with van der Waals surface area (Å²) in [5.74, 6) is -0.0403. The monoisotopic (exact) mass is 199 g/mol. The zero-order valence-electron chi connectivity index (χ0n) is 8.87. The van der Waals surface area contributed by atoms with Gasteiger partial charge in [0.1, 0.15) is 0 Å². The average Bonchev–Trinajstić information content (AvgIpc) is 2.17. The molecule has 2 heteroatoms. The van der Waals surface area contributed by atoms with Gasteiger partial charge in [-0.1, -0.05) is 29.8 Å². The summed E-state index contributed by atoms with van der Waals surface area (Å²) in [4.78, 5) is 10.9. The van der Waals surface area contributed by atoms with Gasteiger partial charge in [-0.15, -0.1) is 0 Å². The first-order chi connectivity index (χ1) is 7.15. The van der Waals surface area contributed by atoms with Gasteiger partial charge in [-0.05, 0) is 29.8 Å². The first kappa shape index (κ1) is 9.71. The van der Waals surface area contributed by atoms with Gasteiger partial charge in [0.05, 0.1) is 0 Å². The van der Waals surface area contributed by atoms with E-state index in [1.165, 1.54) is 17.9 Å². The summed E-state index contributed by atoms with van der Waals surface area (Å²) in [6, 6.07) is 12.2. The van der Waals surface area contributed by atoms with Crippen molar-refractivity contribution in [3.63, 3.8) is 0 Å². The Labute approximate surface area is 88.9 Å². The molecular formula is C13H13NO. The number of carbonyl (C=O) groups excluding carboxylic acids is 1. The molecule has 2 rings (SSSR count). The SMILES string of the molecule is CC(=O)Nc1ccc2cc(C)ccc2c1. The van der Waals surface area contributed by atoms with Gasteiger partial charge in [0.15, 0.2) is 0 Å². The van der Waals surface area contributed by atoms with E-state index in [4.69, 9.17) is 0 Å². The minimum atomic E-state index is -0.0403. The van der Waals surface area contributed by atoms with Gasteiger partial charge in [-0.25, -0.2) is 0 Å². The van der Waals surface area contributed by atoms with E-state index >= 15 is 0 Å². The van der Waals surface area contributed by atoms with Crippen LogP contribution in [0.15, 0.2) is 36.4 Å². The number of fused-ring (bicyclic) bond motifs is 1. The van der Waals surface area contributed by atoms with Gasteiger partial charge in [0.2, 0.25) is 5.91 Å². The van der Waals surface area contributed by atoms with Crippen molar-refractivity contribution < 1.29 is 4.79 Å². The van der Waals surface area contributed by atoms with E-state index in [0.717, 1.165) is 11.1 Å². The topological polar surface area (TPSA) is 29.1 Å². The molecule has 0 saturated heterocycles. The molecule has 0 saturated carbocycles. The van der Waals surface area contributed by atoms with E-state index in [2.05, 4.69) is 30.4 Å². The lowest BCUT2D eigenvalue weighted by Gasteiger charge is -2.04. The molecule has 2 aromatic carbocycles. The summed E-state index contributed by atoms with van der Waals surface area (Å²) in [6.45, 7) is 3.58. The summed E-state index contributed by atoms with van der Waals surface area (Å²) in [5, 5.41) is 5.12. The van der Waals surface area contributed by atoms with Crippen LogP contribution in [0.5, 0.6) is 0 Å². The highest BCUT2D eigenvalue weighted by molar-refractivity contribution is 5.93. The van der Waals surface area contributed by atoms with Crippen LogP contribution >= 0.6 is 0 Å². The van der Waals surface area contributed by atoms with Crippen molar-refractivity contribution in [1.82, 2.24) is 0 Å². The van der Waals surface area contributed by atoms with Gasteiger partial charge in [-0.2, -0.15) is 0 Å². The Morgan fingerprint density at radius 3 is 2.47 bits per heavy atom. The number of hydrogen-bond acceptors (Lipinski definition) is 1. The molecule has 2 aromatic rings. The summed E-state index contributed by atoms with van der Waals surface area (Å²) < 4.78 is 0. The fraction of sp³-hybridized carbons (Fsp3) is 0.154. The van der Waals surface area contributed by atoms with Crippen molar-refractivity contribution >= 4 is 22.4 Å². The molecule has 0 aliphatic rings. The molecule has 1 amide bonds. The second kappa shape index (κ2) is 3.73. The molecule has 0 bridgehead atoms. The Bertz CT molecular complexity index is 517. The lowest BCUT2D eigenvalue weighted by Crippen LogP contribution is -2.05. The van der Waals surface area contributed by atoms with E-state index < -0.39 is 0 Å². The molecule has 0 atom stereocenters.